The van der Waals surface area contributed by atoms with Crippen molar-refractivity contribution in [2.75, 3.05) is 33.2 Å². The second-order valence-electron chi connectivity index (χ2n) is 4.50. The van der Waals surface area contributed by atoms with Crippen LogP contribution in [0.25, 0.3) is 0 Å². The minimum absolute atomic E-state index is 0.221. The minimum atomic E-state index is -0.221. The van der Waals surface area contributed by atoms with Crippen LogP contribution in [0.2, 0.25) is 0 Å². The highest BCUT2D eigenvalue weighted by molar-refractivity contribution is 5.73. The van der Waals surface area contributed by atoms with Crippen molar-refractivity contribution in [2.24, 2.45) is 11.7 Å². The maximum Gasteiger partial charge on any atom is 0.218 e. The second-order valence-corrected chi connectivity index (χ2v) is 4.50. The van der Waals surface area contributed by atoms with Gasteiger partial charge < -0.3 is 16.0 Å². The molecule has 1 rings (SSSR count). The molecular formula is C11H23N3O. The molecule has 1 aliphatic heterocycles. The zero-order chi connectivity index (χ0) is 11.1. The summed E-state index contributed by atoms with van der Waals surface area (Å²) in [5.74, 6) is 0.643. The molecular weight excluding hydrogens is 190 g/mol. The lowest BCUT2D eigenvalue weighted by molar-refractivity contribution is -0.117. The molecule has 0 bridgehead atoms. The number of hydrogen-bond donors (Lipinski definition) is 2. The molecule has 1 fully saturated rings. The van der Waals surface area contributed by atoms with Crippen LogP contribution in [0.1, 0.15) is 25.7 Å². The van der Waals surface area contributed by atoms with Gasteiger partial charge in [-0.2, -0.15) is 0 Å². The van der Waals surface area contributed by atoms with Crippen molar-refractivity contribution in [2.45, 2.75) is 25.7 Å². The summed E-state index contributed by atoms with van der Waals surface area (Å²) < 4.78 is 0. The fourth-order valence-corrected chi connectivity index (χ4v) is 1.99. The Morgan fingerprint density at radius 2 is 2.07 bits per heavy atom. The zero-order valence-corrected chi connectivity index (χ0v) is 9.67. The molecule has 0 aromatic heterocycles. The predicted octanol–water partition coefficient (Wildman–Crippen LogP) is 0.183. The molecule has 1 heterocycles. The Hall–Kier alpha value is -0.610. The van der Waals surface area contributed by atoms with E-state index in [9.17, 15) is 4.79 Å². The first-order valence-electron chi connectivity index (χ1n) is 5.86. The number of nitrogens with two attached hydrogens (primary N) is 1. The largest absolute Gasteiger partial charge is 0.370 e. The van der Waals surface area contributed by atoms with Crippen LogP contribution in [0, 0.1) is 5.92 Å². The van der Waals surface area contributed by atoms with Crippen molar-refractivity contribution in [1.82, 2.24) is 10.2 Å². The number of likely N-dealkylation sites (tertiary alicyclic amines) is 1. The fraction of sp³-hybridized carbons (Fsp3) is 0.909. The van der Waals surface area contributed by atoms with Gasteiger partial charge in [0.15, 0.2) is 0 Å². The molecule has 15 heavy (non-hydrogen) atoms. The molecule has 1 saturated heterocycles. The Bertz CT molecular complexity index is 188. The van der Waals surface area contributed by atoms with Crippen LogP contribution >= 0.6 is 0 Å². The smallest absolute Gasteiger partial charge is 0.218 e. The van der Waals surface area contributed by atoms with Crippen LogP contribution in [-0.4, -0.2) is 44.0 Å². The summed E-state index contributed by atoms with van der Waals surface area (Å²) in [5.41, 5.74) is 5.05. The van der Waals surface area contributed by atoms with E-state index in [1.54, 1.807) is 0 Å². The van der Waals surface area contributed by atoms with Gasteiger partial charge in [0, 0.05) is 13.0 Å². The normalized spacial score (nSPS) is 19.3. The molecule has 0 saturated carbocycles. The number of nitrogens with zero attached hydrogens (tertiary/aromatic N) is 1. The minimum Gasteiger partial charge on any atom is -0.370 e. The molecule has 3 N–H and O–H groups in total. The molecule has 0 atom stereocenters. The van der Waals surface area contributed by atoms with Crippen molar-refractivity contribution in [3.05, 3.63) is 0 Å². The molecule has 4 nitrogen and oxygen atoms in total. The number of primary amides is 1. The first-order valence-corrected chi connectivity index (χ1v) is 5.86. The van der Waals surface area contributed by atoms with Crippen molar-refractivity contribution >= 4 is 5.91 Å². The summed E-state index contributed by atoms with van der Waals surface area (Å²) in [7, 11) is 2.18. The number of piperidine rings is 1. The highest BCUT2D eigenvalue weighted by atomic mass is 16.1. The second kappa shape index (κ2) is 6.80. The van der Waals surface area contributed by atoms with E-state index < -0.39 is 0 Å². The van der Waals surface area contributed by atoms with Gasteiger partial charge in [-0.3, -0.25) is 4.79 Å². The number of rotatable bonds is 6. The Labute approximate surface area is 92.2 Å². The van der Waals surface area contributed by atoms with E-state index in [0.717, 1.165) is 19.0 Å². The fourth-order valence-electron chi connectivity index (χ4n) is 1.99. The first kappa shape index (κ1) is 12.5. The van der Waals surface area contributed by atoms with Crippen LogP contribution in [-0.2, 0) is 4.79 Å². The number of nitrogens with one attached hydrogen (secondary N) is 1. The standard InChI is InChI=1S/C11H23N3O/c1-14-8-4-10(5-9-14)2-6-13-7-3-11(12)15/h10,13H,2-9H2,1H3,(H2,12,15). The van der Waals surface area contributed by atoms with E-state index >= 15 is 0 Å². The Morgan fingerprint density at radius 3 is 2.67 bits per heavy atom. The number of amides is 1. The molecule has 0 unspecified atom stereocenters. The average Bonchev–Trinajstić information content (AvgIpc) is 2.20. The lowest BCUT2D eigenvalue weighted by atomic mass is 9.94. The highest BCUT2D eigenvalue weighted by Crippen LogP contribution is 2.18. The summed E-state index contributed by atoms with van der Waals surface area (Å²) in [4.78, 5) is 12.9. The van der Waals surface area contributed by atoms with E-state index in [1.165, 1.54) is 32.4 Å². The first-order chi connectivity index (χ1) is 7.18. The van der Waals surface area contributed by atoms with Crippen LogP contribution in [0.3, 0.4) is 0 Å². The molecule has 0 aromatic carbocycles. The number of hydrogen-bond acceptors (Lipinski definition) is 3. The SMILES string of the molecule is CN1CCC(CCNCCC(N)=O)CC1. The Morgan fingerprint density at radius 1 is 1.40 bits per heavy atom. The third-order valence-electron chi connectivity index (χ3n) is 3.12. The van der Waals surface area contributed by atoms with E-state index in [0.29, 0.717) is 6.42 Å². The average molecular weight is 213 g/mol. The predicted molar refractivity (Wildman–Crippen MR) is 61.5 cm³/mol. The van der Waals surface area contributed by atoms with Gasteiger partial charge in [-0.1, -0.05) is 0 Å². The van der Waals surface area contributed by atoms with E-state index in [1.807, 2.05) is 0 Å². The van der Waals surface area contributed by atoms with E-state index in [2.05, 4.69) is 17.3 Å². The Kier molecular flexibility index (Phi) is 5.65. The summed E-state index contributed by atoms with van der Waals surface area (Å²) in [6.45, 7) is 4.20. The van der Waals surface area contributed by atoms with Crippen molar-refractivity contribution in [1.29, 1.82) is 0 Å². The van der Waals surface area contributed by atoms with Gasteiger partial charge in [-0.25, -0.2) is 0 Å². The molecule has 0 aliphatic carbocycles. The molecule has 1 aliphatic rings. The lowest BCUT2D eigenvalue weighted by Crippen LogP contribution is -2.32. The summed E-state index contributed by atoms with van der Waals surface area (Å²) in [6.07, 6.45) is 4.31. The third-order valence-corrected chi connectivity index (χ3v) is 3.12. The lowest BCUT2D eigenvalue weighted by Gasteiger charge is -2.28. The van der Waals surface area contributed by atoms with E-state index in [4.69, 9.17) is 5.73 Å². The van der Waals surface area contributed by atoms with Crippen molar-refractivity contribution in [3.63, 3.8) is 0 Å². The van der Waals surface area contributed by atoms with Gasteiger partial charge in [-0.05, 0) is 51.9 Å². The molecule has 0 aromatic rings. The van der Waals surface area contributed by atoms with Crippen LogP contribution in [0.15, 0.2) is 0 Å². The topological polar surface area (TPSA) is 58.4 Å². The third kappa shape index (κ3) is 5.74. The zero-order valence-electron chi connectivity index (χ0n) is 9.67. The van der Waals surface area contributed by atoms with Crippen LogP contribution in [0.4, 0.5) is 0 Å². The summed E-state index contributed by atoms with van der Waals surface area (Å²) >= 11 is 0. The van der Waals surface area contributed by atoms with Gasteiger partial charge in [0.2, 0.25) is 5.91 Å². The Balaban J connectivity index is 1.94. The number of carbonyl (C=O) groups is 1. The van der Waals surface area contributed by atoms with Gasteiger partial charge in [0.25, 0.3) is 0 Å². The van der Waals surface area contributed by atoms with Gasteiger partial charge in [0.05, 0.1) is 0 Å². The molecule has 1 amide bonds. The van der Waals surface area contributed by atoms with Crippen LogP contribution in [0.5, 0.6) is 0 Å². The maximum absolute atomic E-state index is 10.5. The molecule has 0 spiro atoms. The molecule has 0 radical (unpaired) electrons. The van der Waals surface area contributed by atoms with E-state index in [-0.39, 0.29) is 5.91 Å². The van der Waals surface area contributed by atoms with Gasteiger partial charge in [0.1, 0.15) is 0 Å². The van der Waals surface area contributed by atoms with Crippen molar-refractivity contribution in [3.8, 4) is 0 Å². The molecule has 88 valence electrons. The quantitative estimate of drug-likeness (QED) is 0.619. The van der Waals surface area contributed by atoms with Gasteiger partial charge >= 0.3 is 0 Å². The van der Waals surface area contributed by atoms with Crippen LogP contribution < -0.4 is 11.1 Å². The number of carbonyl (C=O) groups excluding carboxylic acids is 1. The maximum atomic E-state index is 10.5. The molecule has 4 heteroatoms. The summed E-state index contributed by atoms with van der Waals surface area (Å²) in [6, 6.07) is 0. The summed E-state index contributed by atoms with van der Waals surface area (Å²) in [5, 5.41) is 3.26. The monoisotopic (exact) mass is 213 g/mol. The van der Waals surface area contributed by atoms with Crippen molar-refractivity contribution < 1.29 is 4.79 Å². The highest BCUT2D eigenvalue weighted by Gasteiger charge is 2.15. The van der Waals surface area contributed by atoms with Gasteiger partial charge in [-0.15, -0.1) is 0 Å².